The second-order valence-corrected chi connectivity index (χ2v) is 9.61. The maximum atomic E-state index is 13.0. The Bertz CT molecular complexity index is 1400. The summed E-state index contributed by atoms with van der Waals surface area (Å²) in [5.41, 5.74) is 1.93. The van der Waals surface area contributed by atoms with Gasteiger partial charge in [0, 0.05) is 35.8 Å². The SMILES string of the molecule is O=C(NCC(CN1Cc2ccccc2C1=O)c1ccccc1)c1cc2cc(C(F)(F)F)ccc2s1. The fraction of sp³-hybridized carbons (Fsp3) is 0.185. The summed E-state index contributed by atoms with van der Waals surface area (Å²) in [5.74, 6) is -0.529. The molecule has 2 heterocycles. The van der Waals surface area contributed by atoms with Crippen molar-refractivity contribution in [3.05, 3.63) is 106 Å². The van der Waals surface area contributed by atoms with Gasteiger partial charge in [-0.3, -0.25) is 9.59 Å². The Hall–Kier alpha value is -3.65. The van der Waals surface area contributed by atoms with Gasteiger partial charge in [-0.2, -0.15) is 13.2 Å². The molecule has 1 aliphatic heterocycles. The van der Waals surface area contributed by atoms with E-state index >= 15 is 0 Å². The maximum absolute atomic E-state index is 13.0. The van der Waals surface area contributed by atoms with Crippen LogP contribution in [0.4, 0.5) is 13.2 Å². The van der Waals surface area contributed by atoms with Gasteiger partial charge in [0.25, 0.3) is 11.8 Å². The minimum Gasteiger partial charge on any atom is -0.351 e. The molecule has 0 aliphatic carbocycles. The van der Waals surface area contributed by atoms with Crippen LogP contribution in [0.3, 0.4) is 0 Å². The molecular formula is C27H21F3N2O2S. The summed E-state index contributed by atoms with van der Waals surface area (Å²) in [7, 11) is 0. The summed E-state index contributed by atoms with van der Waals surface area (Å²) in [6.45, 7) is 1.23. The van der Waals surface area contributed by atoms with Crippen molar-refractivity contribution in [2.24, 2.45) is 0 Å². The molecule has 0 saturated carbocycles. The highest BCUT2D eigenvalue weighted by Crippen LogP contribution is 2.34. The van der Waals surface area contributed by atoms with Crippen molar-refractivity contribution >= 4 is 33.2 Å². The average molecular weight is 495 g/mol. The van der Waals surface area contributed by atoms with Crippen LogP contribution in [0, 0.1) is 0 Å². The first-order chi connectivity index (χ1) is 16.8. The highest BCUT2D eigenvalue weighted by molar-refractivity contribution is 7.20. The predicted octanol–water partition coefficient (Wildman–Crippen LogP) is 6.09. The number of nitrogens with zero attached hydrogens (tertiary/aromatic N) is 1. The lowest BCUT2D eigenvalue weighted by molar-refractivity contribution is -0.137. The summed E-state index contributed by atoms with van der Waals surface area (Å²) in [4.78, 5) is 27.9. The van der Waals surface area contributed by atoms with Gasteiger partial charge in [-0.05, 0) is 46.8 Å². The predicted molar refractivity (Wildman–Crippen MR) is 130 cm³/mol. The molecule has 0 fully saturated rings. The number of benzene rings is 3. The first-order valence-electron chi connectivity index (χ1n) is 11.1. The molecule has 8 heteroatoms. The normalized spacial score (nSPS) is 14.3. The molecule has 35 heavy (non-hydrogen) atoms. The monoisotopic (exact) mass is 494 g/mol. The van der Waals surface area contributed by atoms with Gasteiger partial charge < -0.3 is 10.2 Å². The number of carbonyl (C=O) groups is 2. The number of nitrogens with one attached hydrogen (secondary N) is 1. The zero-order chi connectivity index (χ0) is 24.6. The van der Waals surface area contributed by atoms with E-state index in [1.807, 2.05) is 54.6 Å². The highest BCUT2D eigenvalue weighted by Gasteiger charge is 2.31. The van der Waals surface area contributed by atoms with E-state index in [4.69, 9.17) is 0 Å². The topological polar surface area (TPSA) is 49.4 Å². The van der Waals surface area contributed by atoms with Crippen LogP contribution in [0.5, 0.6) is 0 Å². The van der Waals surface area contributed by atoms with E-state index in [9.17, 15) is 22.8 Å². The lowest BCUT2D eigenvalue weighted by Crippen LogP contribution is -2.35. The second kappa shape index (κ2) is 9.19. The summed E-state index contributed by atoms with van der Waals surface area (Å²) in [5, 5.41) is 3.31. The molecular weight excluding hydrogens is 473 g/mol. The Morgan fingerprint density at radius 1 is 1.00 bits per heavy atom. The number of amides is 2. The number of halogens is 3. The van der Waals surface area contributed by atoms with Crippen LogP contribution >= 0.6 is 11.3 Å². The summed E-state index contributed by atoms with van der Waals surface area (Å²) in [6.07, 6.45) is -4.44. The number of hydrogen-bond acceptors (Lipinski definition) is 3. The smallest absolute Gasteiger partial charge is 0.351 e. The molecule has 5 rings (SSSR count). The van der Waals surface area contributed by atoms with Crippen LogP contribution in [0.25, 0.3) is 10.1 Å². The maximum Gasteiger partial charge on any atom is 0.416 e. The minimum atomic E-state index is -4.44. The van der Waals surface area contributed by atoms with E-state index in [-0.39, 0.29) is 24.3 Å². The third-order valence-electron chi connectivity index (χ3n) is 6.18. The Kier molecular flexibility index (Phi) is 6.06. The first kappa shape index (κ1) is 23.1. The zero-order valence-electron chi connectivity index (χ0n) is 18.5. The van der Waals surface area contributed by atoms with Crippen LogP contribution < -0.4 is 5.32 Å². The summed E-state index contributed by atoms with van der Waals surface area (Å²) in [6, 6.07) is 22.1. The zero-order valence-corrected chi connectivity index (χ0v) is 19.3. The van der Waals surface area contributed by atoms with Gasteiger partial charge in [0.05, 0.1) is 10.4 Å². The van der Waals surface area contributed by atoms with E-state index < -0.39 is 11.7 Å². The van der Waals surface area contributed by atoms with Crippen LogP contribution in [0.1, 0.15) is 42.6 Å². The number of alkyl halides is 3. The third-order valence-corrected chi connectivity index (χ3v) is 7.30. The van der Waals surface area contributed by atoms with Gasteiger partial charge in [-0.1, -0.05) is 48.5 Å². The second-order valence-electron chi connectivity index (χ2n) is 8.52. The van der Waals surface area contributed by atoms with Crippen LogP contribution in [-0.2, 0) is 12.7 Å². The molecule has 1 aliphatic rings. The third kappa shape index (κ3) is 4.79. The lowest BCUT2D eigenvalue weighted by atomic mass is 9.98. The molecule has 1 N–H and O–H groups in total. The Balaban J connectivity index is 1.32. The number of hydrogen-bond donors (Lipinski definition) is 1. The van der Waals surface area contributed by atoms with Gasteiger partial charge in [-0.25, -0.2) is 0 Å². The number of thiophene rings is 1. The molecule has 0 bridgehead atoms. The molecule has 178 valence electrons. The average Bonchev–Trinajstić information content (AvgIpc) is 3.42. The molecule has 4 aromatic rings. The lowest BCUT2D eigenvalue weighted by Gasteiger charge is -2.24. The Morgan fingerprint density at radius 3 is 2.49 bits per heavy atom. The van der Waals surface area contributed by atoms with Gasteiger partial charge in [0.1, 0.15) is 0 Å². The van der Waals surface area contributed by atoms with Gasteiger partial charge in [0.2, 0.25) is 0 Å². The summed E-state index contributed by atoms with van der Waals surface area (Å²) < 4.78 is 39.7. The molecule has 4 nitrogen and oxygen atoms in total. The number of rotatable bonds is 6. The number of fused-ring (bicyclic) bond motifs is 2. The van der Waals surface area contributed by atoms with Crippen molar-refractivity contribution in [2.75, 3.05) is 13.1 Å². The standard InChI is InChI=1S/C27H21F3N2O2S/c28-27(29,30)21-10-11-23-19(12-21)13-24(35-23)25(33)31-14-20(17-6-2-1-3-7-17)16-32-15-18-8-4-5-9-22(18)26(32)34/h1-13,20H,14-16H2,(H,31,33). The molecule has 1 unspecified atom stereocenters. The molecule has 0 radical (unpaired) electrons. The minimum absolute atomic E-state index is 0.0298. The van der Waals surface area contributed by atoms with Crippen LogP contribution in [-0.4, -0.2) is 29.8 Å². The van der Waals surface area contributed by atoms with E-state index in [0.29, 0.717) is 33.6 Å². The molecule has 1 atom stereocenters. The van der Waals surface area contributed by atoms with Crippen molar-refractivity contribution in [2.45, 2.75) is 18.6 Å². The van der Waals surface area contributed by atoms with E-state index in [0.717, 1.165) is 34.6 Å². The molecule has 2 amide bonds. The molecule has 0 saturated heterocycles. The van der Waals surface area contributed by atoms with E-state index in [2.05, 4.69) is 5.32 Å². The highest BCUT2D eigenvalue weighted by atomic mass is 32.1. The fourth-order valence-corrected chi connectivity index (χ4v) is 5.34. The largest absolute Gasteiger partial charge is 0.416 e. The van der Waals surface area contributed by atoms with Crippen LogP contribution in [0.2, 0.25) is 0 Å². The van der Waals surface area contributed by atoms with Crippen molar-refractivity contribution in [3.63, 3.8) is 0 Å². The van der Waals surface area contributed by atoms with Crippen molar-refractivity contribution in [1.82, 2.24) is 10.2 Å². The molecule has 0 spiro atoms. The molecule has 1 aromatic heterocycles. The van der Waals surface area contributed by atoms with Crippen LogP contribution in [0.15, 0.2) is 78.9 Å². The van der Waals surface area contributed by atoms with Crippen molar-refractivity contribution in [3.8, 4) is 0 Å². The molecule has 3 aromatic carbocycles. The Morgan fingerprint density at radius 2 is 1.74 bits per heavy atom. The Labute approximate surface area is 204 Å². The summed E-state index contributed by atoms with van der Waals surface area (Å²) >= 11 is 1.15. The van der Waals surface area contributed by atoms with Crippen molar-refractivity contribution in [1.29, 1.82) is 0 Å². The van der Waals surface area contributed by atoms with Gasteiger partial charge in [0.15, 0.2) is 0 Å². The first-order valence-corrected chi connectivity index (χ1v) is 11.9. The van der Waals surface area contributed by atoms with E-state index in [1.165, 1.54) is 12.1 Å². The van der Waals surface area contributed by atoms with Gasteiger partial charge >= 0.3 is 6.18 Å². The number of carbonyl (C=O) groups excluding carboxylic acids is 2. The quantitative estimate of drug-likeness (QED) is 0.353. The van der Waals surface area contributed by atoms with E-state index in [1.54, 1.807) is 4.90 Å². The fourth-order valence-electron chi connectivity index (χ4n) is 4.38. The van der Waals surface area contributed by atoms with Gasteiger partial charge in [-0.15, -0.1) is 11.3 Å². The van der Waals surface area contributed by atoms with Crippen molar-refractivity contribution < 1.29 is 22.8 Å².